The summed E-state index contributed by atoms with van der Waals surface area (Å²) in [6.07, 6.45) is 6.06. The van der Waals surface area contributed by atoms with Crippen LogP contribution in [0.15, 0.2) is 30.3 Å². The maximum absolute atomic E-state index is 6.27. The Labute approximate surface area is 125 Å². The molecule has 1 aromatic rings. The number of nitrogens with zero attached hydrogens (tertiary/aromatic N) is 1. The van der Waals surface area contributed by atoms with Gasteiger partial charge in [0.1, 0.15) is 0 Å². The molecule has 1 rings (SSSR count). The van der Waals surface area contributed by atoms with Gasteiger partial charge >= 0.3 is 0 Å². The van der Waals surface area contributed by atoms with Crippen LogP contribution < -0.4 is 5.73 Å². The fourth-order valence-electron chi connectivity index (χ4n) is 2.55. The molecule has 0 radical (unpaired) electrons. The number of unbranched alkanes of at least 4 members (excludes halogenated alkanes) is 1. The SMILES string of the molecule is CCCCN(CCCC(N)c1ccccc1)C(C)CC. The molecule has 1 aromatic carbocycles. The van der Waals surface area contributed by atoms with Crippen LogP contribution in [0.1, 0.15) is 64.5 Å². The number of nitrogens with two attached hydrogens (primary N) is 1. The van der Waals surface area contributed by atoms with E-state index in [1.807, 2.05) is 6.07 Å². The lowest BCUT2D eigenvalue weighted by Crippen LogP contribution is -2.34. The van der Waals surface area contributed by atoms with E-state index in [1.165, 1.54) is 44.3 Å². The van der Waals surface area contributed by atoms with Crippen molar-refractivity contribution < 1.29 is 0 Å². The molecule has 114 valence electrons. The highest BCUT2D eigenvalue weighted by Crippen LogP contribution is 2.16. The minimum absolute atomic E-state index is 0.182. The van der Waals surface area contributed by atoms with E-state index in [1.54, 1.807) is 0 Å². The van der Waals surface area contributed by atoms with E-state index in [0.717, 1.165) is 6.42 Å². The maximum Gasteiger partial charge on any atom is 0.0295 e. The first-order valence-electron chi connectivity index (χ1n) is 8.23. The van der Waals surface area contributed by atoms with Crippen molar-refractivity contribution in [3.8, 4) is 0 Å². The van der Waals surface area contributed by atoms with E-state index in [4.69, 9.17) is 5.73 Å². The summed E-state index contributed by atoms with van der Waals surface area (Å²) in [7, 11) is 0. The van der Waals surface area contributed by atoms with Crippen LogP contribution in [-0.2, 0) is 0 Å². The van der Waals surface area contributed by atoms with Gasteiger partial charge in [-0.25, -0.2) is 0 Å². The molecule has 0 aromatic heterocycles. The Morgan fingerprint density at radius 1 is 1.05 bits per heavy atom. The number of rotatable bonds is 10. The Morgan fingerprint density at radius 2 is 1.70 bits per heavy atom. The van der Waals surface area contributed by atoms with Gasteiger partial charge in [-0.2, -0.15) is 0 Å². The molecule has 0 bridgehead atoms. The maximum atomic E-state index is 6.27. The summed E-state index contributed by atoms with van der Waals surface area (Å²) in [6, 6.07) is 11.3. The lowest BCUT2D eigenvalue weighted by Gasteiger charge is -2.28. The summed E-state index contributed by atoms with van der Waals surface area (Å²) in [5.41, 5.74) is 7.53. The molecule has 2 atom stereocenters. The number of benzene rings is 1. The minimum Gasteiger partial charge on any atom is -0.324 e. The van der Waals surface area contributed by atoms with Gasteiger partial charge in [-0.1, -0.05) is 50.6 Å². The normalized spacial score (nSPS) is 14.4. The standard InChI is InChI=1S/C18H32N2/c1-4-6-14-20(16(3)5-2)15-10-13-18(19)17-11-8-7-9-12-17/h7-9,11-12,16,18H,4-6,10,13-15,19H2,1-3H3. The number of hydrogen-bond acceptors (Lipinski definition) is 2. The molecule has 0 saturated heterocycles. The van der Waals surface area contributed by atoms with Crippen molar-refractivity contribution in [1.29, 1.82) is 0 Å². The molecule has 0 amide bonds. The van der Waals surface area contributed by atoms with Gasteiger partial charge in [0.25, 0.3) is 0 Å². The molecule has 0 saturated carbocycles. The van der Waals surface area contributed by atoms with Crippen LogP contribution in [0.4, 0.5) is 0 Å². The number of hydrogen-bond donors (Lipinski definition) is 1. The lowest BCUT2D eigenvalue weighted by atomic mass is 10.0. The highest BCUT2D eigenvalue weighted by atomic mass is 15.1. The highest BCUT2D eigenvalue weighted by molar-refractivity contribution is 5.18. The summed E-state index contributed by atoms with van der Waals surface area (Å²) in [4.78, 5) is 2.63. The fraction of sp³-hybridized carbons (Fsp3) is 0.667. The predicted molar refractivity (Wildman–Crippen MR) is 88.8 cm³/mol. The molecule has 2 N–H and O–H groups in total. The molecular formula is C18H32N2. The molecular weight excluding hydrogens is 244 g/mol. The van der Waals surface area contributed by atoms with Crippen LogP contribution in [0.2, 0.25) is 0 Å². The van der Waals surface area contributed by atoms with Crippen molar-refractivity contribution in [1.82, 2.24) is 4.90 Å². The van der Waals surface area contributed by atoms with Gasteiger partial charge in [0.2, 0.25) is 0 Å². The zero-order chi connectivity index (χ0) is 14.8. The Balaban J connectivity index is 2.36. The van der Waals surface area contributed by atoms with Crippen LogP contribution in [0, 0.1) is 0 Å². The molecule has 0 heterocycles. The Hall–Kier alpha value is -0.860. The van der Waals surface area contributed by atoms with E-state index in [-0.39, 0.29) is 6.04 Å². The molecule has 2 unspecified atom stereocenters. The van der Waals surface area contributed by atoms with Crippen LogP contribution in [0.25, 0.3) is 0 Å². The third-order valence-electron chi connectivity index (χ3n) is 4.20. The summed E-state index contributed by atoms with van der Waals surface area (Å²) in [6.45, 7) is 9.29. The van der Waals surface area contributed by atoms with Crippen LogP contribution in [-0.4, -0.2) is 24.0 Å². The first-order valence-corrected chi connectivity index (χ1v) is 8.23. The lowest BCUT2D eigenvalue weighted by molar-refractivity contribution is 0.195. The molecule has 2 nitrogen and oxygen atoms in total. The highest BCUT2D eigenvalue weighted by Gasteiger charge is 2.12. The van der Waals surface area contributed by atoms with Crippen molar-refractivity contribution in [3.63, 3.8) is 0 Å². The predicted octanol–water partition coefficient (Wildman–Crippen LogP) is 4.37. The second-order valence-corrected chi connectivity index (χ2v) is 5.81. The van der Waals surface area contributed by atoms with Gasteiger partial charge in [-0.3, -0.25) is 0 Å². The van der Waals surface area contributed by atoms with E-state index in [2.05, 4.69) is 49.9 Å². The van der Waals surface area contributed by atoms with Crippen molar-refractivity contribution in [2.75, 3.05) is 13.1 Å². The molecule has 0 fully saturated rings. The van der Waals surface area contributed by atoms with E-state index >= 15 is 0 Å². The average Bonchev–Trinajstić information content (AvgIpc) is 2.50. The summed E-state index contributed by atoms with van der Waals surface area (Å²) in [5, 5.41) is 0. The van der Waals surface area contributed by atoms with Crippen LogP contribution >= 0.6 is 0 Å². The third-order valence-corrected chi connectivity index (χ3v) is 4.20. The monoisotopic (exact) mass is 276 g/mol. The first kappa shape index (κ1) is 17.2. The van der Waals surface area contributed by atoms with E-state index < -0.39 is 0 Å². The van der Waals surface area contributed by atoms with Gasteiger partial charge in [0.15, 0.2) is 0 Å². The Morgan fingerprint density at radius 3 is 2.30 bits per heavy atom. The van der Waals surface area contributed by atoms with Crippen molar-refractivity contribution in [2.24, 2.45) is 5.73 Å². The van der Waals surface area contributed by atoms with Crippen LogP contribution in [0.5, 0.6) is 0 Å². The molecule has 0 aliphatic heterocycles. The second-order valence-electron chi connectivity index (χ2n) is 5.81. The average molecular weight is 276 g/mol. The molecule has 0 aliphatic rings. The van der Waals surface area contributed by atoms with Crippen molar-refractivity contribution >= 4 is 0 Å². The molecule has 2 heteroatoms. The van der Waals surface area contributed by atoms with E-state index in [9.17, 15) is 0 Å². The summed E-state index contributed by atoms with van der Waals surface area (Å²) < 4.78 is 0. The topological polar surface area (TPSA) is 29.3 Å². The van der Waals surface area contributed by atoms with Gasteiger partial charge in [0.05, 0.1) is 0 Å². The van der Waals surface area contributed by atoms with Crippen LogP contribution in [0.3, 0.4) is 0 Å². The molecule has 0 aliphatic carbocycles. The zero-order valence-corrected chi connectivity index (χ0v) is 13.5. The van der Waals surface area contributed by atoms with Gasteiger partial charge in [-0.15, -0.1) is 0 Å². The molecule has 0 spiro atoms. The van der Waals surface area contributed by atoms with Gasteiger partial charge < -0.3 is 10.6 Å². The summed E-state index contributed by atoms with van der Waals surface area (Å²) in [5.74, 6) is 0. The zero-order valence-electron chi connectivity index (χ0n) is 13.5. The van der Waals surface area contributed by atoms with Gasteiger partial charge in [0, 0.05) is 12.1 Å². The Kier molecular flexibility index (Phi) is 8.56. The molecule has 20 heavy (non-hydrogen) atoms. The second kappa shape index (κ2) is 9.95. The largest absolute Gasteiger partial charge is 0.324 e. The van der Waals surface area contributed by atoms with Crippen molar-refractivity contribution in [3.05, 3.63) is 35.9 Å². The minimum atomic E-state index is 0.182. The fourth-order valence-corrected chi connectivity index (χ4v) is 2.55. The van der Waals surface area contributed by atoms with Gasteiger partial charge in [-0.05, 0) is 51.3 Å². The van der Waals surface area contributed by atoms with E-state index in [0.29, 0.717) is 6.04 Å². The third kappa shape index (κ3) is 6.06. The quantitative estimate of drug-likeness (QED) is 0.687. The smallest absolute Gasteiger partial charge is 0.0295 e. The summed E-state index contributed by atoms with van der Waals surface area (Å²) >= 11 is 0. The van der Waals surface area contributed by atoms with Crippen molar-refractivity contribution in [2.45, 2.75) is 65.0 Å². The first-order chi connectivity index (χ1) is 9.69. The Bertz CT molecular complexity index is 337.